The second-order valence-corrected chi connectivity index (χ2v) is 6.00. The van der Waals surface area contributed by atoms with Crippen molar-refractivity contribution in [2.24, 2.45) is 7.05 Å². The van der Waals surface area contributed by atoms with E-state index in [1.807, 2.05) is 12.1 Å². The molecule has 7 nitrogen and oxygen atoms in total. The molecule has 0 saturated heterocycles. The summed E-state index contributed by atoms with van der Waals surface area (Å²) >= 11 is 5.85. The minimum absolute atomic E-state index is 0.0687. The highest BCUT2D eigenvalue weighted by Crippen LogP contribution is 2.11. The fourth-order valence-electron chi connectivity index (χ4n) is 2.40. The van der Waals surface area contributed by atoms with Gasteiger partial charge in [0, 0.05) is 25.7 Å². The van der Waals surface area contributed by atoms with Gasteiger partial charge in [0.05, 0.1) is 6.20 Å². The van der Waals surface area contributed by atoms with Gasteiger partial charge in [-0.2, -0.15) is 5.10 Å². The number of rotatable bonds is 4. The van der Waals surface area contributed by atoms with Crippen LogP contribution in [0, 0.1) is 0 Å². The van der Waals surface area contributed by atoms with E-state index in [0.29, 0.717) is 22.6 Å². The topological polar surface area (TPSA) is 73.0 Å². The molecule has 1 aromatic carbocycles. The van der Waals surface area contributed by atoms with Gasteiger partial charge in [-0.25, -0.2) is 4.98 Å². The number of hydrogen-bond acceptors (Lipinski definition) is 4. The first-order valence-electron chi connectivity index (χ1n) is 7.31. The van der Waals surface area contributed by atoms with Crippen LogP contribution in [0.4, 0.5) is 0 Å². The summed E-state index contributed by atoms with van der Waals surface area (Å²) in [7, 11) is 3.40. The van der Waals surface area contributed by atoms with Crippen LogP contribution in [0.25, 0.3) is 11.0 Å². The predicted octanol–water partition coefficient (Wildman–Crippen LogP) is 1.44. The second-order valence-electron chi connectivity index (χ2n) is 5.56. The summed E-state index contributed by atoms with van der Waals surface area (Å²) in [5.74, 6) is -0.183. The van der Waals surface area contributed by atoms with Crippen molar-refractivity contribution in [3.05, 3.63) is 57.7 Å². The summed E-state index contributed by atoms with van der Waals surface area (Å²) in [5.41, 5.74) is 1.18. The van der Waals surface area contributed by atoms with Crippen LogP contribution in [0.5, 0.6) is 0 Å². The van der Waals surface area contributed by atoms with E-state index in [-0.39, 0.29) is 18.0 Å². The summed E-state index contributed by atoms with van der Waals surface area (Å²) in [5, 5.41) is 5.05. The van der Waals surface area contributed by atoms with Crippen LogP contribution in [0.15, 0.2) is 41.6 Å². The molecule has 3 aromatic rings. The van der Waals surface area contributed by atoms with Crippen molar-refractivity contribution in [1.29, 1.82) is 0 Å². The molecule has 2 heterocycles. The third-order valence-electron chi connectivity index (χ3n) is 3.78. The molecule has 0 aliphatic rings. The molecule has 3 rings (SSSR count). The molecule has 0 saturated carbocycles. The van der Waals surface area contributed by atoms with Crippen molar-refractivity contribution in [1.82, 2.24) is 24.2 Å². The molecule has 0 spiro atoms. The standard InChI is InChI=1S/C16H16ClN5O2/c1-20(8-11-3-5-12(17)6-4-11)14(23)9-22-10-18-15-13(16(22)24)7-19-21(15)2/h3-7,10H,8-9H2,1-2H3. The van der Waals surface area contributed by atoms with Crippen molar-refractivity contribution in [2.75, 3.05) is 7.05 Å². The Kier molecular flexibility index (Phi) is 4.35. The molecule has 0 bridgehead atoms. The van der Waals surface area contributed by atoms with Crippen LogP contribution in [0.3, 0.4) is 0 Å². The lowest BCUT2D eigenvalue weighted by atomic mass is 10.2. The lowest BCUT2D eigenvalue weighted by molar-refractivity contribution is -0.131. The van der Waals surface area contributed by atoms with Crippen LogP contribution in [0.1, 0.15) is 5.56 Å². The second kappa shape index (κ2) is 6.45. The van der Waals surface area contributed by atoms with Gasteiger partial charge in [-0.15, -0.1) is 0 Å². The summed E-state index contributed by atoms with van der Waals surface area (Å²) in [6, 6.07) is 7.28. The average molecular weight is 346 g/mol. The average Bonchev–Trinajstić information content (AvgIpc) is 2.94. The molecule has 24 heavy (non-hydrogen) atoms. The highest BCUT2D eigenvalue weighted by Gasteiger charge is 2.14. The smallest absolute Gasteiger partial charge is 0.264 e. The number of hydrogen-bond donors (Lipinski definition) is 0. The monoisotopic (exact) mass is 345 g/mol. The molecular weight excluding hydrogens is 330 g/mol. The van der Waals surface area contributed by atoms with Gasteiger partial charge in [0.15, 0.2) is 5.65 Å². The Hall–Kier alpha value is -2.67. The molecule has 0 radical (unpaired) electrons. The molecule has 1 amide bonds. The largest absolute Gasteiger partial charge is 0.340 e. The van der Waals surface area contributed by atoms with Crippen LogP contribution in [-0.4, -0.2) is 37.2 Å². The van der Waals surface area contributed by atoms with E-state index >= 15 is 0 Å². The number of carbonyl (C=O) groups is 1. The first kappa shape index (κ1) is 16.2. The minimum Gasteiger partial charge on any atom is -0.340 e. The number of benzene rings is 1. The molecule has 0 aliphatic carbocycles. The lowest BCUT2D eigenvalue weighted by Crippen LogP contribution is -2.33. The minimum atomic E-state index is -0.277. The van der Waals surface area contributed by atoms with Gasteiger partial charge in [-0.1, -0.05) is 23.7 Å². The number of nitrogens with zero attached hydrogens (tertiary/aromatic N) is 5. The number of likely N-dealkylation sites (N-methyl/N-ethyl adjacent to an activating group) is 1. The Morgan fingerprint density at radius 2 is 2.00 bits per heavy atom. The van der Waals surface area contributed by atoms with E-state index in [1.54, 1.807) is 31.1 Å². The predicted molar refractivity (Wildman–Crippen MR) is 90.7 cm³/mol. The van der Waals surface area contributed by atoms with Crippen LogP contribution in [-0.2, 0) is 24.9 Å². The van der Waals surface area contributed by atoms with E-state index in [9.17, 15) is 9.59 Å². The molecule has 2 aromatic heterocycles. The number of aryl methyl sites for hydroxylation is 1. The lowest BCUT2D eigenvalue weighted by Gasteiger charge is -2.18. The summed E-state index contributed by atoms with van der Waals surface area (Å²) in [6.45, 7) is 0.369. The van der Waals surface area contributed by atoms with Gasteiger partial charge < -0.3 is 4.90 Å². The van der Waals surface area contributed by atoms with Gasteiger partial charge >= 0.3 is 0 Å². The molecule has 0 unspecified atom stereocenters. The van der Waals surface area contributed by atoms with Crippen LogP contribution in [0.2, 0.25) is 5.02 Å². The number of halogens is 1. The van der Waals surface area contributed by atoms with Gasteiger partial charge in [0.1, 0.15) is 18.3 Å². The summed E-state index contributed by atoms with van der Waals surface area (Å²) in [4.78, 5) is 30.5. The Morgan fingerprint density at radius 1 is 1.29 bits per heavy atom. The van der Waals surface area contributed by atoms with E-state index < -0.39 is 0 Å². The highest BCUT2D eigenvalue weighted by atomic mass is 35.5. The maximum atomic E-state index is 12.4. The van der Waals surface area contributed by atoms with Gasteiger partial charge in [0.2, 0.25) is 5.91 Å². The summed E-state index contributed by atoms with van der Waals surface area (Å²) < 4.78 is 2.82. The number of fused-ring (bicyclic) bond motifs is 1. The molecule has 124 valence electrons. The molecule has 8 heteroatoms. The fourth-order valence-corrected chi connectivity index (χ4v) is 2.52. The van der Waals surface area contributed by atoms with E-state index in [0.717, 1.165) is 5.56 Å². The normalized spacial score (nSPS) is 11.0. The third-order valence-corrected chi connectivity index (χ3v) is 4.03. The molecule has 0 atom stereocenters. The van der Waals surface area contributed by atoms with Crippen molar-refractivity contribution >= 4 is 28.5 Å². The quantitative estimate of drug-likeness (QED) is 0.717. The molecule has 0 N–H and O–H groups in total. The molecule has 0 aliphatic heterocycles. The van der Waals surface area contributed by atoms with E-state index in [1.165, 1.54) is 21.8 Å². The van der Waals surface area contributed by atoms with Crippen molar-refractivity contribution < 1.29 is 4.79 Å². The Balaban J connectivity index is 1.75. The van der Waals surface area contributed by atoms with Crippen LogP contribution >= 0.6 is 11.6 Å². The van der Waals surface area contributed by atoms with Gasteiger partial charge in [-0.05, 0) is 17.7 Å². The molecular formula is C16H16ClN5O2. The number of aromatic nitrogens is 4. The van der Waals surface area contributed by atoms with E-state index in [2.05, 4.69) is 10.1 Å². The fraction of sp³-hybridized carbons (Fsp3) is 0.250. The van der Waals surface area contributed by atoms with Gasteiger partial charge in [-0.3, -0.25) is 18.8 Å². The zero-order valence-electron chi connectivity index (χ0n) is 13.3. The van der Waals surface area contributed by atoms with Crippen LogP contribution < -0.4 is 5.56 Å². The maximum absolute atomic E-state index is 12.4. The molecule has 0 fully saturated rings. The SMILES string of the molecule is CN(Cc1ccc(Cl)cc1)C(=O)Cn1cnc2c(cnn2C)c1=O. The number of carbonyl (C=O) groups excluding carboxylic acids is 1. The van der Waals surface area contributed by atoms with Crippen molar-refractivity contribution in [3.63, 3.8) is 0 Å². The zero-order valence-corrected chi connectivity index (χ0v) is 14.1. The number of amides is 1. The highest BCUT2D eigenvalue weighted by molar-refractivity contribution is 6.30. The van der Waals surface area contributed by atoms with Gasteiger partial charge in [0.25, 0.3) is 5.56 Å². The first-order chi connectivity index (χ1) is 11.5. The Bertz CT molecular complexity index is 945. The summed E-state index contributed by atoms with van der Waals surface area (Å²) in [6.07, 6.45) is 2.84. The van der Waals surface area contributed by atoms with Crippen molar-refractivity contribution in [3.8, 4) is 0 Å². The Morgan fingerprint density at radius 3 is 2.71 bits per heavy atom. The zero-order chi connectivity index (χ0) is 17.3. The third kappa shape index (κ3) is 3.16. The van der Waals surface area contributed by atoms with E-state index in [4.69, 9.17) is 11.6 Å². The first-order valence-corrected chi connectivity index (χ1v) is 7.69. The van der Waals surface area contributed by atoms with Crippen molar-refractivity contribution in [2.45, 2.75) is 13.1 Å². The Labute approximate surface area is 143 Å². The maximum Gasteiger partial charge on any atom is 0.264 e.